The summed E-state index contributed by atoms with van der Waals surface area (Å²) in [6.45, 7) is 3.11. The van der Waals surface area contributed by atoms with Gasteiger partial charge in [0.25, 0.3) is 0 Å². The van der Waals surface area contributed by atoms with Crippen LogP contribution in [0.1, 0.15) is 18.4 Å². The van der Waals surface area contributed by atoms with E-state index in [1.54, 1.807) is 17.0 Å². The summed E-state index contributed by atoms with van der Waals surface area (Å²) in [5.74, 6) is -0.698. The first kappa shape index (κ1) is 15.2. The zero-order valence-electron chi connectivity index (χ0n) is 12.5. The summed E-state index contributed by atoms with van der Waals surface area (Å²) in [6.07, 6.45) is 2.13. The zero-order valence-corrected chi connectivity index (χ0v) is 12.5. The molecule has 0 unspecified atom stereocenters. The summed E-state index contributed by atoms with van der Waals surface area (Å²) in [6, 6.07) is 6.28. The number of carbonyl (C=O) groups excluding carboxylic acids is 1. The molecule has 0 bridgehead atoms. The predicted octanol–water partition coefficient (Wildman–Crippen LogP) is 1.92. The molecule has 0 atom stereocenters. The second kappa shape index (κ2) is 6.62. The number of ether oxygens (including phenoxy) is 2. The van der Waals surface area contributed by atoms with Gasteiger partial charge in [0.1, 0.15) is 5.82 Å². The minimum atomic E-state index is -0.453. The smallest absolute Gasteiger partial charge is 0.317 e. The van der Waals surface area contributed by atoms with Crippen molar-refractivity contribution in [2.75, 3.05) is 32.8 Å². The van der Waals surface area contributed by atoms with E-state index in [0.29, 0.717) is 39.3 Å². The molecule has 2 amide bonds. The molecule has 2 aliphatic rings. The van der Waals surface area contributed by atoms with Crippen LogP contribution in [0.2, 0.25) is 0 Å². The quantitative estimate of drug-likeness (QED) is 0.928. The number of piperidine rings is 1. The van der Waals surface area contributed by atoms with Crippen molar-refractivity contribution in [3.63, 3.8) is 0 Å². The Morgan fingerprint density at radius 2 is 1.82 bits per heavy atom. The minimum absolute atomic E-state index is 0.0602. The Hall–Kier alpha value is -1.66. The van der Waals surface area contributed by atoms with Gasteiger partial charge in [-0.15, -0.1) is 0 Å². The molecule has 0 aliphatic carbocycles. The van der Waals surface area contributed by atoms with Crippen molar-refractivity contribution < 1.29 is 18.7 Å². The Labute approximate surface area is 129 Å². The highest BCUT2D eigenvalue weighted by Gasteiger charge is 2.40. The third-order valence-electron chi connectivity index (χ3n) is 4.23. The first-order valence-electron chi connectivity index (χ1n) is 7.72. The van der Waals surface area contributed by atoms with E-state index in [-0.39, 0.29) is 11.8 Å². The number of nitrogens with zero attached hydrogens (tertiary/aromatic N) is 1. The Kier molecular flexibility index (Phi) is 4.59. The third-order valence-corrected chi connectivity index (χ3v) is 4.23. The van der Waals surface area contributed by atoms with Crippen LogP contribution >= 0.6 is 0 Å². The lowest BCUT2D eigenvalue weighted by Gasteiger charge is -2.37. The molecular formula is C16H21FN2O3. The summed E-state index contributed by atoms with van der Waals surface area (Å²) in [5.41, 5.74) is 1.01. The average molecular weight is 308 g/mol. The van der Waals surface area contributed by atoms with Crippen LogP contribution in [0.4, 0.5) is 9.18 Å². The Bertz CT molecular complexity index is 505. The lowest BCUT2D eigenvalue weighted by atomic mass is 10.0. The van der Waals surface area contributed by atoms with Crippen LogP contribution in [0.25, 0.3) is 0 Å². The van der Waals surface area contributed by atoms with Gasteiger partial charge in [0, 0.05) is 32.5 Å². The molecule has 0 radical (unpaired) electrons. The highest BCUT2D eigenvalue weighted by molar-refractivity contribution is 5.74. The van der Waals surface area contributed by atoms with Crippen molar-refractivity contribution >= 4 is 6.03 Å². The highest BCUT2D eigenvalue weighted by Crippen LogP contribution is 2.31. The van der Waals surface area contributed by atoms with E-state index in [1.165, 1.54) is 12.1 Å². The number of amides is 2. The normalized spacial score (nSPS) is 20.3. The van der Waals surface area contributed by atoms with Gasteiger partial charge in [-0.3, -0.25) is 0 Å². The molecule has 2 fully saturated rings. The average Bonchev–Trinajstić information content (AvgIpc) is 2.98. The molecule has 1 aromatic carbocycles. The van der Waals surface area contributed by atoms with Crippen LogP contribution in [-0.2, 0) is 15.9 Å². The van der Waals surface area contributed by atoms with Crippen LogP contribution in [0.5, 0.6) is 0 Å². The maximum atomic E-state index is 12.8. The molecule has 22 heavy (non-hydrogen) atoms. The molecule has 6 heteroatoms. The fourth-order valence-electron chi connectivity index (χ4n) is 2.91. The molecule has 1 spiro atoms. The molecule has 2 heterocycles. The SMILES string of the molecule is O=C(NCCc1ccc(F)cc1)N1CCC2(CC1)OCCO2. The van der Waals surface area contributed by atoms with Crippen LogP contribution in [0.15, 0.2) is 24.3 Å². The van der Waals surface area contributed by atoms with E-state index >= 15 is 0 Å². The Balaban J connectivity index is 1.40. The summed E-state index contributed by atoms with van der Waals surface area (Å²) in [7, 11) is 0. The molecular weight excluding hydrogens is 287 g/mol. The first-order valence-corrected chi connectivity index (χ1v) is 7.72. The van der Waals surface area contributed by atoms with Gasteiger partial charge in [-0.25, -0.2) is 9.18 Å². The molecule has 0 saturated carbocycles. The fraction of sp³-hybridized carbons (Fsp3) is 0.562. The van der Waals surface area contributed by atoms with E-state index in [2.05, 4.69) is 5.32 Å². The lowest BCUT2D eigenvalue weighted by molar-refractivity contribution is -0.181. The van der Waals surface area contributed by atoms with Gasteiger partial charge >= 0.3 is 6.03 Å². The molecule has 1 N–H and O–H groups in total. The highest BCUT2D eigenvalue weighted by atomic mass is 19.1. The van der Waals surface area contributed by atoms with Crippen LogP contribution in [-0.4, -0.2) is 49.6 Å². The maximum absolute atomic E-state index is 12.8. The number of nitrogens with one attached hydrogen (secondary N) is 1. The third kappa shape index (κ3) is 3.56. The second-order valence-corrected chi connectivity index (χ2v) is 5.70. The molecule has 1 aromatic rings. The number of hydrogen-bond donors (Lipinski definition) is 1. The van der Waals surface area contributed by atoms with E-state index in [9.17, 15) is 9.18 Å². The largest absolute Gasteiger partial charge is 0.347 e. The van der Waals surface area contributed by atoms with Crippen LogP contribution in [0, 0.1) is 5.82 Å². The Morgan fingerprint density at radius 1 is 1.18 bits per heavy atom. The monoisotopic (exact) mass is 308 g/mol. The molecule has 5 nitrogen and oxygen atoms in total. The molecule has 3 rings (SSSR count). The summed E-state index contributed by atoms with van der Waals surface area (Å²) in [4.78, 5) is 13.9. The molecule has 2 saturated heterocycles. The molecule has 2 aliphatic heterocycles. The zero-order chi connectivity index (χ0) is 15.4. The number of benzene rings is 1. The Morgan fingerprint density at radius 3 is 2.45 bits per heavy atom. The second-order valence-electron chi connectivity index (χ2n) is 5.70. The molecule has 120 valence electrons. The van der Waals surface area contributed by atoms with E-state index in [1.807, 2.05) is 0 Å². The van der Waals surface area contributed by atoms with Crippen molar-refractivity contribution in [2.24, 2.45) is 0 Å². The summed E-state index contributed by atoms with van der Waals surface area (Å²) < 4.78 is 24.1. The van der Waals surface area contributed by atoms with Crippen LogP contribution in [0.3, 0.4) is 0 Å². The van der Waals surface area contributed by atoms with Gasteiger partial charge in [-0.05, 0) is 24.1 Å². The summed E-state index contributed by atoms with van der Waals surface area (Å²) in [5, 5.41) is 2.91. The van der Waals surface area contributed by atoms with Gasteiger partial charge in [0.15, 0.2) is 5.79 Å². The number of halogens is 1. The topological polar surface area (TPSA) is 50.8 Å². The maximum Gasteiger partial charge on any atom is 0.317 e. The fourth-order valence-corrected chi connectivity index (χ4v) is 2.91. The van der Waals surface area contributed by atoms with Gasteiger partial charge in [-0.1, -0.05) is 12.1 Å². The van der Waals surface area contributed by atoms with Gasteiger partial charge in [0.2, 0.25) is 0 Å². The van der Waals surface area contributed by atoms with Crippen molar-refractivity contribution in [3.8, 4) is 0 Å². The van der Waals surface area contributed by atoms with E-state index in [4.69, 9.17) is 9.47 Å². The van der Waals surface area contributed by atoms with E-state index < -0.39 is 5.79 Å². The van der Waals surface area contributed by atoms with Gasteiger partial charge in [-0.2, -0.15) is 0 Å². The number of carbonyl (C=O) groups is 1. The first-order chi connectivity index (χ1) is 10.7. The number of likely N-dealkylation sites (tertiary alicyclic amines) is 1. The number of hydrogen-bond acceptors (Lipinski definition) is 3. The number of rotatable bonds is 3. The minimum Gasteiger partial charge on any atom is -0.347 e. The number of urea groups is 1. The van der Waals surface area contributed by atoms with Crippen molar-refractivity contribution in [2.45, 2.75) is 25.0 Å². The van der Waals surface area contributed by atoms with Crippen molar-refractivity contribution in [1.29, 1.82) is 0 Å². The van der Waals surface area contributed by atoms with E-state index in [0.717, 1.165) is 18.4 Å². The van der Waals surface area contributed by atoms with Crippen molar-refractivity contribution in [3.05, 3.63) is 35.6 Å². The van der Waals surface area contributed by atoms with Crippen LogP contribution < -0.4 is 5.32 Å². The summed E-state index contributed by atoms with van der Waals surface area (Å²) >= 11 is 0. The van der Waals surface area contributed by atoms with Crippen molar-refractivity contribution in [1.82, 2.24) is 10.2 Å². The van der Waals surface area contributed by atoms with Gasteiger partial charge in [0.05, 0.1) is 13.2 Å². The lowest BCUT2D eigenvalue weighted by Crippen LogP contribution is -2.50. The standard InChI is InChI=1S/C16H21FN2O3/c17-14-3-1-13(2-4-14)5-8-18-15(20)19-9-6-16(7-10-19)21-11-12-22-16/h1-4H,5-12H2,(H,18,20). The predicted molar refractivity (Wildman–Crippen MR) is 78.9 cm³/mol. The van der Waals surface area contributed by atoms with Gasteiger partial charge < -0.3 is 19.7 Å². The molecule has 0 aromatic heterocycles.